The van der Waals surface area contributed by atoms with E-state index in [9.17, 15) is 4.79 Å². The SMILES string of the molecule is COC1(C(=O)Cc2c(C)cc(C)cc2C)CCC(C)CC1. The van der Waals surface area contributed by atoms with Crippen LogP contribution in [0.5, 0.6) is 0 Å². The minimum absolute atomic E-state index is 0.256. The molecule has 0 atom stereocenters. The van der Waals surface area contributed by atoms with Gasteiger partial charge in [0.2, 0.25) is 0 Å². The van der Waals surface area contributed by atoms with Crippen LogP contribution in [-0.4, -0.2) is 18.5 Å². The van der Waals surface area contributed by atoms with Crippen molar-refractivity contribution in [2.75, 3.05) is 7.11 Å². The second-order valence-corrected chi connectivity index (χ2v) is 6.86. The maximum atomic E-state index is 12.9. The lowest BCUT2D eigenvalue weighted by atomic mass is 9.75. The summed E-state index contributed by atoms with van der Waals surface area (Å²) >= 11 is 0. The maximum Gasteiger partial charge on any atom is 0.168 e. The van der Waals surface area contributed by atoms with Crippen molar-refractivity contribution >= 4 is 5.78 Å². The third-order valence-electron chi connectivity index (χ3n) is 5.16. The molecule has 0 bridgehead atoms. The molecule has 2 rings (SSSR count). The van der Waals surface area contributed by atoms with Gasteiger partial charge in [0.1, 0.15) is 5.60 Å². The fourth-order valence-electron chi connectivity index (χ4n) is 3.64. The van der Waals surface area contributed by atoms with Gasteiger partial charge in [0.25, 0.3) is 0 Å². The van der Waals surface area contributed by atoms with E-state index in [1.54, 1.807) is 7.11 Å². The Bertz CT molecular complexity index is 499. The fraction of sp³-hybridized carbons (Fsp3) is 0.632. The Morgan fingerprint density at radius 2 is 1.71 bits per heavy atom. The number of rotatable bonds is 4. The predicted octanol–water partition coefficient (Wildman–Crippen LogP) is 4.32. The van der Waals surface area contributed by atoms with Gasteiger partial charge in [-0.15, -0.1) is 0 Å². The molecule has 2 nitrogen and oxygen atoms in total. The van der Waals surface area contributed by atoms with Crippen LogP contribution in [0, 0.1) is 26.7 Å². The van der Waals surface area contributed by atoms with Crippen LogP contribution < -0.4 is 0 Å². The maximum absolute atomic E-state index is 12.9. The third kappa shape index (κ3) is 3.37. The lowest BCUT2D eigenvalue weighted by molar-refractivity contribution is -0.145. The summed E-state index contributed by atoms with van der Waals surface area (Å²) in [5, 5.41) is 0. The summed E-state index contributed by atoms with van der Waals surface area (Å²) in [5.74, 6) is 0.968. The highest BCUT2D eigenvalue weighted by atomic mass is 16.5. The molecule has 0 aromatic heterocycles. The number of benzene rings is 1. The number of carbonyl (C=O) groups is 1. The van der Waals surface area contributed by atoms with Crippen molar-refractivity contribution in [2.45, 2.75) is 65.4 Å². The van der Waals surface area contributed by atoms with Gasteiger partial charge in [0.15, 0.2) is 5.78 Å². The highest BCUT2D eigenvalue weighted by Crippen LogP contribution is 2.36. The molecule has 0 amide bonds. The Hall–Kier alpha value is -1.15. The minimum Gasteiger partial charge on any atom is -0.370 e. The van der Waals surface area contributed by atoms with Crippen molar-refractivity contribution in [1.82, 2.24) is 0 Å². The number of aryl methyl sites for hydroxylation is 3. The molecule has 0 heterocycles. The topological polar surface area (TPSA) is 26.3 Å². The van der Waals surface area contributed by atoms with Gasteiger partial charge in [-0.2, -0.15) is 0 Å². The van der Waals surface area contributed by atoms with Gasteiger partial charge in [-0.25, -0.2) is 0 Å². The number of Topliss-reactive ketones (excluding diaryl/α,β-unsaturated/α-hetero) is 1. The Morgan fingerprint density at radius 3 is 2.19 bits per heavy atom. The number of ether oxygens (including phenoxy) is 1. The van der Waals surface area contributed by atoms with Crippen LogP contribution in [0.15, 0.2) is 12.1 Å². The molecule has 2 heteroatoms. The molecule has 116 valence electrons. The number of hydrogen-bond acceptors (Lipinski definition) is 2. The van der Waals surface area contributed by atoms with E-state index in [2.05, 4.69) is 39.8 Å². The molecule has 0 N–H and O–H groups in total. The summed E-state index contributed by atoms with van der Waals surface area (Å²) in [6, 6.07) is 4.33. The Morgan fingerprint density at radius 1 is 1.19 bits per heavy atom. The first-order valence-corrected chi connectivity index (χ1v) is 8.03. The molecule has 1 aromatic rings. The number of carbonyl (C=O) groups excluding carboxylic acids is 1. The Kier molecular flexibility index (Phi) is 4.88. The van der Waals surface area contributed by atoms with Crippen molar-refractivity contribution in [1.29, 1.82) is 0 Å². The zero-order valence-corrected chi connectivity index (χ0v) is 14.1. The second kappa shape index (κ2) is 6.31. The van der Waals surface area contributed by atoms with E-state index in [4.69, 9.17) is 4.74 Å². The second-order valence-electron chi connectivity index (χ2n) is 6.86. The van der Waals surface area contributed by atoms with Crippen molar-refractivity contribution < 1.29 is 9.53 Å². The number of ketones is 1. The zero-order valence-electron chi connectivity index (χ0n) is 14.1. The van der Waals surface area contributed by atoms with Gasteiger partial charge in [-0.1, -0.05) is 24.6 Å². The molecule has 1 aliphatic rings. The molecular weight excluding hydrogens is 260 g/mol. The van der Waals surface area contributed by atoms with Crippen LogP contribution in [0.4, 0.5) is 0 Å². The van der Waals surface area contributed by atoms with Crippen molar-refractivity contribution in [2.24, 2.45) is 5.92 Å². The molecule has 0 spiro atoms. The van der Waals surface area contributed by atoms with E-state index in [1.807, 2.05) is 0 Å². The summed E-state index contributed by atoms with van der Waals surface area (Å²) in [7, 11) is 1.70. The fourth-order valence-corrected chi connectivity index (χ4v) is 3.64. The van der Waals surface area contributed by atoms with Crippen molar-refractivity contribution in [3.8, 4) is 0 Å². The largest absolute Gasteiger partial charge is 0.370 e. The predicted molar refractivity (Wildman–Crippen MR) is 86.7 cm³/mol. The molecule has 0 aliphatic heterocycles. The van der Waals surface area contributed by atoms with E-state index < -0.39 is 5.60 Å². The van der Waals surface area contributed by atoms with Gasteiger partial charge in [-0.3, -0.25) is 4.79 Å². The lowest BCUT2D eigenvalue weighted by Gasteiger charge is -2.37. The molecule has 0 saturated heterocycles. The third-order valence-corrected chi connectivity index (χ3v) is 5.16. The molecular formula is C19H28O2. The van der Waals surface area contributed by atoms with Crippen LogP contribution in [0.25, 0.3) is 0 Å². The summed E-state index contributed by atoms with van der Waals surface area (Å²) in [6.07, 6.45) is 4.41. The molecule has 1 aromatic carbocycles. The van der Waals surface area contributed by atoms with Gasteiger partial charge in [0.05, 0.1) is 0 Å². The van der Waals surface area contributed by atoms with Crippen LogP contribution >= 0.6 is 0 Å². The first-order valence-electron chi connectivity index (χ1n) is 8.03. The van der Waals surface area contributed by atoms with Gasteiger partial charge in [-0.05, 0) is 69.1 Å². The zero-order chi connectivity index (χ0) is 15.6. The molecule has 21 heavy (non-hydrogen) atoms. The summed E-state index contributed by atoms with van der Waals surface area (Å²) in [6.45, 7) is 8.57. The monoisotopic (exact) mass is 288 g/mol. The molecule has 1 fully saturated rings. The van der Waals surface area contributed by atoms with Crippen LogP contribution in [0.3, 0.4) is 0 Å². The molecule has 1 aliphatic carbocycles. The quantitative estimate of drug-likeness (QED) is 0.825. The average Bonchev–Trinajstić information content (AvgIpc) is 2.43. The molecule has 1 saturated carbocycles. The molecule has 0 radical (unpaired) electrons. The summed E-state index contributed by atoms with van der Waals surface area (Å²) in [5.41, 5.74) is 4.33. The van der Waals surface area contributed by atoms with E-state index in [0.717, 1.165) is 25.7 Å². The average molecular weight is 288 g/mol. The lowest BCUT2D eigenvalue weighted by Crippen LogP contribution is -2.44. The van der Waals surface area contributed by atoms with Gasteiger partial charge in [0, 0.05) is 13.5 Å². The Labute approximate surface area is 128 Å². The highest BCUT2D eigenvalue weighted by Gasteiger charge is 2.40. The number of hydrogen-bond donors (Lipinski definition) is 0. The van der Waals surface area contributed by atoms with Crippen molar-refractivity contribution in [3.63, 3.8) is 0 Å². The first kappa shape index (κ1) is 16.2. The number of methoxy groups -OCH3 is 1. The van der Waals surface area contributed by atoms with E-state index in [0.29, 0.717) is 12.3 Å². The normalized spacial score (nSPS) is 25.9. The molecule has 0 unspecified atom stereocenters. The first-order chi connectivity index (χ1) is 9.88. The minimum atomic E-state index is -0.545. The van der Waals surface area contributed by atoms with Crippen LogP contribution in [0.2, 0.25) is 0 Å². The van der Waals surface area contributed by atoms with Crippen LogP contribution in [-0.2, 0) is 16.0 Å². The standard InChI is InChI=1S/C19H28O2/c1-13-6-8-19(21-5,9-7-13)18(20)12-17-15(3)10-14(2)11-16(17)4/h10-11,13H,6-9,12H2,1-5H3. The van der Waals surface area contributed by atoms with Gasteiger partial charge < -0.3 is 4.74 Å². The van der Waals surface area contributed by atoms with Crippen LogP contribution in [0.1, 0.15) is 54.9 Å². The van der Waals surface area contributed by atoms with E-state index >= 15 is 0 Å². The smallest absolute Gasteiger partial charge is 0.168 e. The Balaban J connectivity index is 2.21. The summed E-state index contributed by atoms with van der Waals surface area (Å²) in [4.78, 5) is 12.9. The van der Waals surface area contributed by atoms with E-state index in [-0.39, 0.29) is 5.78 Å². The summed E-state index contributed by atoms with van der Waals surface area (Å²) < 4.78 is 5.72. The van der Waals surface area contributed by atoms with E-state index in [1.165, 1.54) is 22.3 Å². The highest BCUT2D eigenvalue weighted by molar-refractivity contribution is 5.89. The van der Waals surface area contributed by atoms with Gasteiger partial charge >= 0.3 is 0 Å². The van der Waals surface area contributed by atoms with Crippen molar-refractivity contribution in [3.05, 3.63) is 34.4 Å².